The summed E-state index contributed by atoms with van der Waals surface area (Å²) < 4.78 is 4.99. The summed E-state index contributed by atoms with van der Waals surface area (Å²) in [6.07, 6.45) is -0.903. The van der Waals surface area contributed by atoms with Crippen LogP contribution in [-0.4, -0.2) is 31.3 Å². The van der Waals surface area contributed by atoms with E-state index in [0.29, 0.717) is 16.9 Å². The van der Waals surface area contributed by atoms with Crippen molar-refractivity contribution in [3.8, 4) is 0 Å². The maximum Gasteiger partial charge on any atom is 0.245 e. The fourth-order valence-corrected chi connectivity index (χ4v) is 1.42. The number of imidazole rings is 1. The molecule has 0 saturated carbocycles. The molecule has 96 valence electrons. The van der Waals surface area contributed by atoms with Crippen LogP contribution in [0.1, 0.15) is 12.7 Å². The van der Waals surface area contributed by atoms with Gasteiger partial charge in [-0.3, -0.25) is 5.41 Å². The van der Waals surface area contributed by atoms with E-state index in [1.165, 1.54) is 6.92 Å². The van der Waals surface area contributed by atoms with Crippen LogP contribution >= 0.6 is 0 Å². The number of nitrogens with one attached hydrogen (secondary N) is 2. The number of nitrogens with two attached hydrogens (primary N) is 2. The summed E-state index contributed by atoms with van der Waals surface area (Å²) in [5.41, 5.74) is 11.8. The van der Waals surface area contributed by atoms with Crippen LogP contribution < -0.4 is 17.1 Å². The van der Waals surface area contributed by atoms with E-state index in [1.54, 1.807) is 0 Å². The second-order valence-electron chi connectivity index (χ2n) is 3.64. The highest BCUT2D eigenvalue weighted by atomic mass is 16.6. The summed E-state index contributed by atoms with van der Waals surface area (Å²) in [4.78, 5) is 14.5. The van der Waals surface area contributed by atoms with E-state index in [1.807, 2.05) is 0 Å². The van der Waals surface area contributed by atoms with Gasteiger partial charge in [-0.2, -0.15) is 9.97 Å². The Bertz CT molecular complexity index is 591. The number of nitrogen functional groups attached to an aromatic ring is 2. The zero-order valence-electron chi connectivity index (χ0n) is 9.64. The predicted octanol–water partition coefficient (Wildman–Crippen LogP) is -1.15. The first kappa shape index (κ1) is 12.2. The average Bonchev–Trinajstić information content (AvgIpc) is 2.66. The average molecular weight is 251 g/mol. The second-order valence-corrected chi connectivity index (χ2v) is 3.64. The molecule has 2 aromatic heterocycles. The Morgan fingerprint density at radius 3 is 2.67 bits per heavy atom. The van der Waals surface area contributed by atoms with Crippen LogP contribution in [0.2, 0.25) is 0 Å². The molecule has 0 radical (unpaired) electrons. The number of hydrogen-bond acceptors (Lipinski definition) is 8. The summed E-state index contributed by atoms with van der Waals surface area (Å²) in [6.45, 7) is 1.56. The Kier molecular flexibility index (Phi) is 3.08. The Balaban J connectivity index is 2.52. The molecule has 0 bridgehead atoms. The number of H-pyrrole nitrogens is 1. The van der Waals surface area contributed by atoms with E-state index < -0.39 is 6.29 Å². The van der Waals surface area contributed by atoms with Crippen LogP contribution in [0.5, 0.6) is 0 Å². The molecule has 0 aromatic carbocycles. The third-order valence-corrected chi connectivity index (χ3v) is 2.17. The molecule has 9 nitrogen and oxygen atoms in total. The lowest BCUT2D eigenvalue weighted by Gasteiger charge is -2.03. The lowest BCUT2D eigenvalue weighted by Crippen LogP contribution is -2.10. The van der Waals surface area contributed by atoms with E-state index in [2.05, 4.69) is 19.9 Å². The maximum absolute atomic E-state index is 9.01. The van der Waals surface area contributed by atoms with Crippen molar-refractivity contribution in [1.29, 1.82) is 5.41 Å². The molecule has 0 amide bonds. The molecule has 1 atom stereocenters. The number of anilines is 2. The van der Waals surface area contributed by atoms with Crippen molar-refractivity contribution in [2.75, 3.05) is 11.5 Å². The predicted molar refractivity (Wildman–Crippen MR) is 62.8 cm³/mol. The highest BCUT2D eigenvalue weighted by molar-refractivity contribution is 5.90. The molecule has 18 heavy (non-hydrogen) atoms. The number of fused-ring (bicyclic) bond motifs is 1. The zero-order chi connectivity index (χ0) is 13.3. The van der Waals surface area contributed by atoms with Crippen molar-refractivity contribution >= 4 is 22.7 Å². The van der Waals surface area contributed by atoms with E-state index in [9.17, 15) is 0 Å². The Labute approximate surface area is 101 Å². The van der Waals surface area contributed by atoms with Crippen molar-refractivity contribution in [2.24, 2.45) is 0 Å². The minimum atomic E-state index is -0.903. The quantitative estimate of drug-likeness (QED) is 0.430. The second kappa shape index (κ2) is 4.55. The van der Waals surface area contributed by atoms with E-state index in [0.717, 1.165) is 0 Å². The number of aliphatic hydroxyl groups excluding tert-OH is 1. The molecule has 2 aromatic rings. The van der Waals surface area contributed by atoms with Gasteiger partial charge in [0.15, 0.2) is 17.9 Å². The molecular weight excluding hydrogens is 238 g/mol. The van der Waals surface area contributed by atoms with Gasteiger partial charge in [0.2, 0.25) is 5.62 Å². The minimum Gasteiger partial charge on any atom is -0.382 e. The van der Waals surface area contributed by atoms with Crippen molar-refractivity contribution in [2.45, 2.75) is 19.8 Å². The summed E-state index contributed by atoms with van der Waals surface area (Å²) in [5, 5.41) is 16.4. The van der Waals surface area contributed by atoms with Crippen LogP contribution in [0.3, 0.4) is 0 Å². The molecule has 0 fully saturated rings. The highest BCUT2D eigenvalue weighted by Gasteiger charge is 2.10. The van der Waals surface area contributed by atoms with Crippen molar-refractivity contribution in [3.63, 3.8) is 0 Å². The first-order valence-corrected chi connectivity index (χ1v) is 5.13. The number of hydrogen-bond donors (Lipinski definition) is 5. The molecular formula is C9H13N7O2. The largest absolute Gasteiger partial charge is 0.382 e. The lowest BCUT2D eigenvalue weighted by atomic mass is 10.4. The van der Waals surface area contributed by atoms with Crippen molar-refractivity contribution in [3.05, 3.63) is 11.4 Å². The number of aromatic amines is 1. The molecule has 0 aliphatic heterocycles. The fourth-order valence-electron chi connectivity index (χ4n) is 1.42. The lowest BCUT2D eigenvalue weighted by molar-refractivity contribution is -0.0956. The normalized spacial score (nSPS) is 12.8. The number of aromatic nitrogens is 4. The SMILES string of the molecule is CC(O)OCc1nc2c(N)nc(=N)nc(N)c2[nH]1. The molecule has 0 aliphatic carbocycles. The number of nitrogens with zero attached hydrogens (tertiary/aromatic N) is 3. The smallest absolute Gasteiger partial charge is 0.245 e. The van der Waals surface area contributed by atoms with Gasteiger partial charge >= 0.3 is 0 Å². The van der Waals surface area contributed by atoms with Gasteiger partial charge in [0.05, 0.1) is 0 Å². The van der Waals surface area contributed by atoms with Crippen LogP contribution in [0.25, 0.3) is 11.0 Å². The highest BCUT2D eigenvalue weighted by Crippen LogP contribution is 2.18. The van der Waals surface area contributed by atoms with Gasteiger partial charge in [0, 0.05) is 0 Å². The van der Waals surface area contributed by atoms with Crippen molar-refractivity contribution in [1.82, 2.24) is 19.9 Å². The van der Waals surface area contributed by atoms with Gasteiger partial charge in [-0.15, -0.1) is 0 Å². The van der Waals surface area contributed by atoms with Gasteiger partial charge in [-0.1, -0.05) is 0 Å². The maximum atomic E-state index is 9.01. The molecule has 2 rings (SSSR count). The van der Waals surface area contributed by atoms with Crippen LogP contribution in [-0.2, 0) is 11.3 Å². The Hall–Kier alpha value is -2.26. The third kappa shape index (κ3) is 2.36. The summed E-state index contributed by atoms with van der Waals surface area (Å²) in [7, 11) is 0. The van der Waals surface area contributed by atoms with Gasteiger partial charge in [0.25, 0.3) is 0 Å². The van der Waals surface area contributed by atoms with E-state index in [-0.39, 0.29) is 23.9 Å². The van der Waals surface area contributed by atoms with Gasteiger partial charge < -0.3 is 26.3 Å². The summed E-state index contributed by atoms with van der Waals surface area (Å²) >= 11 is 0. The molecule has 9 heteroatoms. The molecule has 2 heterocycles. The third-order valence-electron chi connectivity index (χ3n) is 2.17. The zero-order valence-corrected chi connectivity index (χ0v) is 9.64. The molecule has 0 aliphatic rings. The first-order chi connectivity index (χ1) is 8.47. The molecule has 7 N–H and O–H groups in total. The van der Waals surface area contributed by atoms with Crippen LogP contribution in [0.15, 0.2) is 0 Å². The Morgan fingerprint density at radius 1 is 1.33 bits per heavy atom. The van der Waals surface area contributed by atoms with Crippen LogP contribution in [0.4, 0.5) is 11.6 Å². The van der Waals surface area contributed by atoms with Gasteiger partial charge in [-0.25, -0.2) is 4.98 Å². The monoisotopic (exact) mass is 251 g/mol. The number of ether oxygens (including phenoxy) is 1. The molecule has 0 spiro atoms. The van der Waals surface area contributed by atoms with E-state index in [4.69, 9.17) is 26.7 Å². The van der Waals surface area contributed by atoms with Crippen molar-refractivity contribution < 1.29 is 9.84 Å². The summed E-state index contributed by atoms with van der Waals surface area (Å²) in [5.74, 6) is 0.569. The molecule has 1 unspecified atom stereocenters. The number of rotatable bonds is 3. The first-order valence-electron chi connectivity index (χ1n) is 5.13. The molecule has 0 saturated heterocycles. The Morgan fingerprint density at radius 2 is 2.00 bits per heavy atom. The van der Waals surface area contributed by atoms with E-state index >= 15 is 0 Å². The minimum absolute atomic E-state index is 0.0544. The topological polar surface area (TPSA) is 160 Å². The van der Waals surface area contributed by atoms with Gasteiger partial charge in [-0.05, 0) is 6.92 Å². The van der Waals surface area contributed by atoms with Crippen LogP contribution in [0, 0.1) is 5.41 Å². The fraction of sp³-hybridized carbons (Fsp3) is 0.333. The standard InChI is InChI=1S/C9H13N7O2/c1-3(17)18-2-4-13-5-6(14-4)8(11)16-9(12)15-7(5)10/h3,17H,2H2,1H3,(H,13,14)(H5,10,11,12,15,16). The van der Waals surface area contributed by atoms with Gasteiger partial charge in [0.1, 0.15) is 23.5 Å². The summed E-state index contributed by atoms with van der Waals surface area (Å²) in [6, 6.07) is 0. The number of aliphatic hydroxyl groups is 1.